The molecule has 0 unspecified atom stereocenters. The van der Waals surface area contributed by atoms with Crippen molar-refractivity contribution in [3.05, 3.63) is 48.3 Å². The number of aliphatic hydroxyl groups is 1. The molecule has 0 bridgehead atoms. The largest absolute Gasteiger partial charge is 0.396 e. The number of anilines is 1. The van der Waals surface area contributed by atoms with Crippen molar-refractivity contribution in [2.75, 3.05) is 17.7 Å². The molecular weight excluding hydrogens is 260 g/mol. The second kappa shape index (κ2) is 7.01. The summed E-state index contributed by atoms with van der Waals surface area (Å²) in [6, 6.07) is 11.2. The van der Waals surface area contributed by atoms with Crippen molar-refractivity contribution in [1.82, 2.24) is 4.98 Å². The zero-order chi connectivity index (χ0) is 13.5. The smallest absolute Gasteiger partial charge is 0.272 e. The Labute approximate surface area is 116 Å². The summed E-state index contributed by atoms with van der Waals surface area (Å²) in [4.78, 5) is 15.8. The number of H-pyrrole nitrogens is 1. The molecular formula is C14H16N2O2S. The van der Waals surface area contributed by atoms with E-state index in [1.165, 1.54) is 0 Å². The van der Waals surface area contributed by atoms with Crippen LogP contribution in [0.2, 0.25) is 0 Å². The van der Waals surface area contributed by atoms with E-state index >= 15 is 0 Å². The quantitative estimate of drug-likeness (QED) is 0.561. The molecule has 1 heterocycles. The van der Waals surface area contributed by atoms with E-state index in [0.717, 1.165) is 22.8 Å². The summed E-state index contributed by atoms with van der Waals surface area (Å²) in [5.74, 6) is 0.746. The fraction of sp³-hybridized carbons (Fsp3) is 0.214. The Morgan fingerprint density at radius 3 is 2.68 bits per heavy atom. The van der Waals surface area contributed by atoms with Gasteiger partial charge in [-0.2, -0.15) is 0 Å². The van der Waals surface area contributed by atoms with Gasteiger partial charge in [0.2, 0.25) is 0 Å². The highest BCUT2D eigenvalue weighted by atomic mass is 32.2. The van der Waals surface area contributed by atoms with E-state index in [-0.39, 0.29) is 12.5 Å². The summed E-state index contributed by atoms with van der Waals surface area (Å²) in [7, 11) is 0. The van der Waals surface area contributed by atoms with E-state index in [1.807, 2.05) is 24.3 Å². The molecule has 2 rings (SSSR count). The van der Waals surface area contributed by atoms with Crippen LogP contribution >= 0.6 is 11.8 Å². The molecule has 1 amide bonds. The summed E-state index contributed by atoms with van der Waals surface area (Å²) in [6.45, 7) is 0.220. The molecule has 0 radical (unpaired) electrons. The first-order chi connectivity index (χ1) is 9.29. The number of thioether (sulfide) groups is 1. The van der Waals surface area contributed by atoms with Crippen molar-refractivity contribution in [3.63, 3.8) is 0 Å². The Balaban J connectivity index is 1.90. The Morgan fingerprint density at radius 1 is 1.26 bits per heavy atom. The van der Waals surface area contributed by atoms with Gasteiger partial charge in [-0.05, 0) is 42.8 Å². The zero-order valence-corrected chi connectivity index (χ0v) is 11.2. The van der Waals surface area contributed by atoms with E-state index in [2.05, 4.69) is 10.3 Å². The van der Waals surface area contributed by atoms with Crippen molar-refractivity contribution >= 4 is 23.4 Å². The maximum absolute atomic E-state index is 11.8. The van der Waals surface area contributed by atoms with Crippen molar-refractivity contribution in [1.29, 1.82) is 0 Å². The van der Waals surface area contributed by atoms with Gasteiger partial charge in [0, 0.05) is 29.1 Å². The first kappa shape index (κ1) is 13.7. The number of carbonyl (C=O) groups excluding carboxylic acids is 1. The summed E-state index contributed by atoms with van der Waals surface area (Å²) in [6.07, 6.45) is 2.51. The van der Waals surface area contributed by atoms with Crippen LogP contribution in [0.25, 0.3) is 0 Å². The number of hydrogen-bond acceptors (Lipinski definition) is 3. The van der Waals surface area contributed by atoms with Gasteiger partial charge < -0.3 is 15.4 Å². The normalized spacial score (nSPS) is 10.4. The third kappa shape index (κ3) is 4.15. The lowest BCUT2D eigenvalue weighted by molar-refractivity contribution is 0.102. The van der Waals surface area contributed by atoms with Gasteiger partial charge in [0.05, 0.1) is 0 Å². The van der Waals surface area contributed by atoms with E-state index < -0.39 is 0 Å². The van der Waals surface area contributed by atoms with Crippen LogP contribution in [-0.2, 0) is 0 Å². The molecule has 0 aliphatic rings. The van der Waals surface area contributed by atoms with Gasteiger partial charge in [0.1, 0.15) is 5.69 Å². The minimum atomic E-state index is -0.148. The molecule has 0 saturated heterocycles. The predicted molar refractivity (Wildman–Crippen MR) is 77.6 cm³/mol. The minimum Gasteiger partial charge on any atom is -0.396 e. The van der Waals surface area contributed by atoms with Gasteiger partial charge >= 0.3 is 0 Å². The standard InChI is InChI=1S/C14H16N2O2S/c17-9-2-10-19-12-6-4-11(5-7-12)16-14(18)13-3-1-8-15-13/h1,3-8,15,17H,2,9-10H2,(H,16,18). The van der Waals surface area contributed by atoms with Crippen molar-refractivity contribution < 1.29 is 9.90 Å². The molecule has 1 aromatic heterocycles. The monoisotopic (exact) mass is 276 g/mol. The van der Waals surface area contributed by atoms with Crippen molar-refractivity contribution in [2.24, 2.45) is 0 Å². The Bertz CT molecular complexity index is 509. The van der Waals surface area contributed by atoms with Crippen LogP contribution in [-0.4, -0.2) is 28.4 Å². The van der Waals surface area contributed by atoms with Crippen LogP contribution in [0.5, 0.6) is 0 Å². The maximum atomic E-state index is 11.8. The summed E-state index contributed by atoms with van der Waals surface area (Å²) in [5.41, 5.74) is 1.31. The molecule has 4 nitrogen and oxygen atoms in total. The average Bonchev–Trinajstić information content (AvgIpc) is 2.95. The first-order valence-corrected chi connectivity index (χ1v) is 7.06. The van der Waals surface area contributed by atoms with Gasteiger partial charge in [-0.25, -0.2) is 0 Å². The second-order valence-electron chi connectivity index (χ2n) is 3.99. The first-order valence-electron chi connectivity index (χ1n) is 6.08. The Hall–Kier alpha value is -1.72. The van der Waals surface area contributed by atoms with Crippen LogP contribution in [0.1, 0.15) is 16.9 Å². The molecule has 2 aromatic rings. The third-order valence-corrected chi connectivity index (χ3v) is 3.62. The Kier molecular flexibility index (Phi) is 5.06. The zero-order valence-electron chi connectivity index (χ0n) is 10.4. The molecule has 0 saturated carbocycles. The fourth-order valence-corrected chi connectivity index (χ4v) is 2.40. The van der Waals surface area contributed by atoms with Crippen LogP contribution in [0.4, 0.5) is 5.69 Å². The molecule has 0 aliphatic heterocycles. The number of aliphatic hydroxyl groups excluding tert-OH is 1. The maximum Gasteiger partial charge on any atom is 0.272 e. The molecule has 3 N–H and O–H groups in total. The van der Waals surface area contributed by atoms with Gasteiger partial charge in [0.15, 0.2) is 0 Å². The molecule has 5 heteroatoms. The number of carbonyl (C=O) groups is 1. The number of benzene rings is 1. The van der Waals surface area contributed by atoms with Gasteiger partial charge in [-0.1, -0.05) is 0 Å². The lowest BCUT2D eigenvalue weighted by Gasteiger charge is -2.05. The number of amides is 1. The Morgan fingerprint density at radius 2 is 2.05 bits per heavy atom. The molecule has 0 spiro atoms. The fourth-order valence-electron chi connectivity index (χ4n) is 1.56. The van der Waals surface area contributed by atoms with E-state index in [9.17, 15) is 4.79 Å². The molecule has 0 atom stereocenters. The van der Waals surface area contributed by atoms with Gasteiger partial charge in [-0.3, -0.25) is 4.79 Å². The van der Waals surface area contributed by atoms with Crippen LogP contribution in [0.3, 0.4) is 0 Å². The number of aromatic nitrogens is 1. The molecule has 0 fully saturated rings. The second-order valence-corrected chi connectivity index (χ2v) is 5.16. The van der Waals surface area contributed by atoms with Crippen LogP contribution in [0.15, 0.2) is 47.5 Å². The molecule has 19 heavy (non-hydrogen) atoms. The highest BCUT2D eigenvalue weighted by Crippen LogP contribution is 2.21. The van der Waals surface area contributed by atoms with E-state index in [0.29, 0.717) is 5.69 Å². The highest BCUT2D eigenvalue weighted by Gasteiger charge is 2.05. The lowest BCUT2D eigenvalue weighted by atomic mass is 10.3. The number of nitrogens with one attached hydrogen (secondary N) is 2. The topological polar surface area (TPSA) is 65.1 Å². The SMILES string of the molecule is O=C(Nc1ccc(SCCCO)cc1)c1ccc[nH]1. The average molecular weight is 276 g/mol. The molecule has 1 aromatic carbocycles. The minimum absolute atomic E-state index is 0.148. The summed E-state index contributed by atoms with van der Waals surface area (Å²) in [5, 5.41) is 11.5. The third-order valence-electron chi connectivity index (χ3n) is 2.53. The van der Waals surface area contributed by atoms with Crippen molar-refractivity contribution in [2.45, 2.75) is 11.3 Å². The van der Waals surface area contributed by atoms with Crippen LogP contribution in [0, 0.1) is 0 Å². The van der Waals surface area contributed by atoms with Gasteiger partial charge in [0.25, 0.3) is 5.91 Å². The predicted octanol–water partition coefficient (Wildman–Crippen LogP) is 2.74. The van der Waals surface area contributed by atoms with Gasteiger partial charge in [-0.15, -0.1) is 11.8 Å². The molecule has 100 valence electrons. The number of hydrogen-bond donors (Lipinski definition) is 3. The number of rotatable bonds is 6. The summed E-state index contributed by atoms with van der Waals surface area (Å²) < 4.78 is 0. The van der Waals surface area contributed by atoms with E-state index in [1.54, 1.807) is 30.1 Å². The molecule has 0 aliphatic carbocycles. The lowest BCUT2D eigenvalue weighted by Crippen LogP contribution is -2.11. The summed E-state index contributed by atoms with van der Waals surface area (Å²) >= 11 is 1.69. The van der Waals surface area contributed by atoms with Crippen molar-refractivity contribution in [3.8, 4) is 0 Å². The number of aromatic amines is 1. The van der Waals surface area contributed by atoms with E-state index in [4.69, 9.17) is 5.11 Å². The van der Waals surface area contributed by atoms with Crippen LogP contribution < -0.4 is 5.32 Å². The highest BCUT2D eigenvalue weighted by molar-refractivity contribution is 7.99.